The summed E-state index contributed by atoms with van der Waals surface area (Å²) < 4.78 is 0. The molecule has 1 aliphatic heterocycles. The fourth-order valence-electron chi connectivity index (χ4n) is 2.03. The zero-order valence-corrected chi connectivity index (χ0v) is 10.1. The summed E-state index contributed by atoms with van der Waals surface area (Å²) in [5.74, 6) is 0.126. The van der Waals surface area contributed by atoms with Crippen LogP contribution in [0, 0.1) is 0 Å². The second-order valence-electron chi connectivity index (χ2n) is 4.59. The quantitative estimate of drug-likeness (QED) is 0.729. The van der Waals surface area contributed by atoms with E-state index in [1.54, 1.807) is 0 Å². The molecule has 1 amide bonds. The predicted molar refractivity (Wildman–Crippen MR) is 61.6 cm³/mol. The molecule has 1 aliphatic rings. The van der Waals surface area contributed by atoms with Crippen molar-refractivity contribution in [2.24, 2.45) is 5.73 Å². The number of likely N-dealkylation sites (tertiary alicyclic amines) is 1. The summed E-state index contributed by atoms with van der Waals surface area (Å²) in [6.45, 7) is 3.75. The molecule has 88 valence electrons. The van der Waals surface area contributed by atoms with Crippen LogP contribution in [0.5, 0.6) is 0 Å². The van der Waals surface area contributed by atoms with Crippen molar-refractivity contribution in [1.29, 1.82) is 0 Å². The number of nitrogens with zero attached hydrogens (tertiary/aromatic N) is 2. The van der Waals surface area contributed by atoms with E-state index in [1.165, 1.54) is 0 Å². The van der Waals surface area contributed by atoms with Gasteiger partial charge in [-0.05, 0) is 26.9 Å². The third-order valence-electron chi connectivity index (χ3n) is 3.12. The van der Waals surface area contributed by atoms with Gasteiger partial charge in [-0.15, -0.1) is 0 Å². The molecular formula is C11H23N3O. The first-order valence-electron chi connectivity index (χ1n) is 5.77. The number of nitrogens with two attached hydrogens (primary N) is 1. The lowest BCUT2D eigenvalue weighted by Gasteiger charge is -2.22. The Labute approximate surface area is 92.4 Å². The largest absolute Gasteiger partial charge is 0.340 e. The molecule has 0 aliphatic carbocycles. The number of hydrogen-bond acceptors (Lipinski definition) is 3. The van der Waals surface area contributed by atoms with Gasteiger partial charge in [0.05, 0.1) is 6.04 Å². The lowest BCUT2D eigenvalue weighted by molar-refractivity contribution is -0.131. The minimum Gasteiger partial charge on any atom is -0.340 e. The zero-order valence-electron chi connectivity index (χ0n) is 10.1. The Morgan fingerprint density at radius 2 is 2.27 bits per heavy atom. The van der Waals surface area contributed by atoms with Crippen LogP contribution in [0.2, 0.25) is 0 Å². The van der Waals surface area contributed by atoms with Crippen LogP contribution >= 0.6 is 0 Å². The van der Waals surface area contributed by atoms with Crippen LogP contribution < -0.4 is 5.73 Å². The summed E-state index contributed by atoms with van der Waals surface area (Å²) in [7, 11) is 4.12. The second kappa shape index (κ2) is 5.47. The van der Waals surface area contributed by atoms with E-state index < -0.39 is 0 Å². The molecule has 0 bridgehead atoms. The lowest BCUT2D eigenvalue weighted by Crippen LogP contribution is -2.43. The standard InChI is InChI=1S/C11H23N3O/c1-4-5-10(12)11(15)14-7-6-9(8-14)13(2)3/h9-10H,4-8,12H2,1-3H3/t9?,10-/m0/s1. The smallest absolute Gasteiger partial charge is 0.239 e. The maximum Gasteiger partial charge on any atom is 0.239 e. The molecule has 2 N–H and O–H groups in total. The van der Waals surface area contributed by atoms with Crippen molar-refractivity contribution < 1.29 is 4.79 Å². The number of carbonyl (C=O) groups excluding carboxylic acids is 1. The van der Waals surface area contributed by atoms with Crippen molar-refractivity contribution in [1.82, 2.24) is 9.80 Å². The maximum atomic E-state index is 11.9. The summed E-state index contributed by atoms with van der Waals surface area (Å²) >= 11 is 0. The van der Waals surface area contributed by atoms with Crippen LogP contribution in [0.25, 0.3) is 0 Å². The predicted octanol–water partition coefficient (Wildman–Crippen LogP) is 0.276. The number of hydrogen-bond donors (Lipinski definition) is 1. The molecule has 2 atom stereocenters. The van der Waals surface area contributed by atoms with Crippen molar-refractivity contribution >= 4 is 5.91 Å². The fraction of sp³-hybridized carbons (Fsp3) is 0.909. The van der Waals surface area contributed by atoms with Crippen LogP contribution in [-0.4, -0.2) is 55.0 Å². The summed E-state index contributed by atoms with van der Waals surface area (Å²) in [5, 5.41) is 0. The van der Waals surface area contributed by atoms with Gasteiger partial charge in [0.2, 0.25) is 5.91 Å². The first-order chi connectivity index (χ1) is 7.06. The van der Waals surface area contributed by atoms with E-state index in [0.717, 1.165) is 32.4 Å². The Kier molecular flexibility index (Phi) is 4.54. The van der Waals surface area contributed by atoms with Gasteiger partial charge in [-0.25, -0.2) is 0 Å². The summed E-state index contributed by atoms with van der Waals surface area (Å²) in [6, 6.07) is 0.207. The molecule has 4 heteroatoms. The Morgan fingerprint density at radius 3 is 2.73 bits per heavy atom. The second-order valence-corrected chi connectivity index (χ2v) is 4.59. The molecule has 0 aromatic rings. The Bertz CT molecular complexity index is 218. The molecule has 0 radical (unpaired) electrons. The maximum absolute atomic E-state index is 11.9. The molecular weight excluding hydrogens is 190 g/mol. The normalized spacial score (nSPS) is 23.5. The zero-order chi connectivity index (χ0) is 11.4. The van der Waals surface area contributed by atoms with Crippen molar-refractivity contribution in [3.8, 4) is 0 Å². The van der Waals surface area contributed by atoms with Gasteiger partial charge in [-0.2, -0.15) is 0 Å². The average Bonchev–Trinajstić information content (AvgIpc) is 2.65. The molecule has 1 rings (SSSR count). The van der Waals surface area contributed by atoms with E-state index in [1.807, 2.05) is 4.90 Å². The van der Waals surface area contributed by atoms with Crippen molar-refractivity contribution in [3.63, 3.8) is 0 Å². The molecule has 0 saturated carbocycles. The highest BCUT2D eigenvalue weighted by Crippen LogP contribution is 2.14. The SMILES string of the molecule is CCC[C@H](N)C(=O)N1CCC(N(C)C)C1. The monoisotopic (exact) mass is 213 g/mol. The molecule has 0 aromatic carbocycles. The minimum absolute atomic E-state index is 0.126. The van der Waals surface area contributed by atoms with Gasteiger partial charge < -0.3 is 15.5 Å². The van der Waals surface area contributed by atoms with Gasteiger partial charge in [0.15, 0.2) is 0 Å². The Hall–Kier alpha value is -0.610. The van der Waals surface area contributed by atoms with Gasteiger partial charge in [0.1, 0.15) is 0 Å². The number of carbonyl (C=O) groups is 1. The molecule has 4 nitrogen and oxygen atoms in total. The molecule has 1 saturated heterocycles. The van der Waals surface area contributed by atoms with Crippen molar-refractivity contribution in [2.45, 2.75) is 38.3 Å². The summed E-state index contributed by atoms with van der Waals surface area (Å²) in [6.07, 6.45) is 2.83. The van der Waals surface area contributed by atoms with Crippen LogP contribution in [0.3, 0.4) is 0 Å². The van der Waals surface area contributed by atoms with Crippen LogP contribution in [0.15, 0.2) is 0 Å². The van der Waals surface area contributed by atoms with Crippen molar-refractivity contribution in [3.05, 3.63) is 0 Å². The molecule has 0 aromatic heterocycles. The lowest BCUT2D eigenvalue weighted by atomic mass is 10.1. The van der Waals surface area contributed by atoms with Gasteiger partial charge in [-0.1, -0.05) is 13.3 Å². The number of likely N-dealkylation sites (N-methyl/N-ethyl adjacent to an activating group) is 1. The van der Waals surface area contributed by atoms with Crippen molar-refractivity contribution in [2.75, 3.05) is 27.2 Å². The summed E-state index contributed by atoms with van der Waals surface area (Å²) in [5.41, 5.74) is 5.82. The average molecular weight is 213 g/mol. The fourth-order valence-corrected chi connectivity index (χ4v) is 2.03. The van der Waals surface area contributed by atoms with E-state index in [9.17, 15) is 4.79 Å². The molecule has 1 heterocycles. The molecule has 1 unspecified atom stereocenters. The highest BCUT2D eigenvalue weighted by Gasteiger charge is 2.29. The number of rotatable bonds is 4. The number of amides is 1. The van der Waals surface area contributed by atoms with E-state index >= 15 is 0 Å². The third kappa shape index (κ3) is 3.18. The van der Waals surface area contributed by atoms with E-state index in [2.05, 4.69) is 25.9 Å². The Balaban J connectivity index is 2.42. The van der Waals surface area contributed by atoms with Gasteiger partial charge in [0, 0.05) is 19.1 Å². The first-order valence-corrected chi connectivity index (χ1v) is 5.77. The highest BCUT2D eigenvalue weighted by atomic mass is 16.2. The van der Waals surface area contributed by atoms with E-state index in [-0.39, 0.29) is 11.9 Å². The Morgan fingerprint density at radius 1 is 1.60 bits per heavy atom. The van der Waals surface area contributed by atoms with Gasteiger partial charge >= 0.3 is 0 Å². The van der Waals surface area contributed by atoms with Gasteiger partial charge in [-0.3, -0.25) is 4.79 Å². The molecule has 1 fully saturated rings. The van der Waals surface area contributed by atoms with Crippen LogP contribution in [0.4, 0.5) is 0 Å². The first kappa shape index (κ1) is 12.5. The highest BCUT2D eigenvalue weighted by molar-refractivity contribution is 5.81. The topological polar surface area (TPSA) is 49.6 Å². The molecule has 15 heavy (non-hydrogen) atoms. The van der Waals surface area contributed by atoms with Gasteiger partial charge in [0.25, 0.3) is 0 Å². The third-order valence-corrected chi connectivity index (χ3v) is 3.12. The van der Waals surface area contributed by atoms with Crippen LogP contribution in [0.1, 0.15) is 26.2 Å². The summed E-state index contributed by atoms with van der Waals surface area (Å²) in [4.78, 5) is 16.0. The van der Waals surface area contributed by atoms with Crippen LogP contribution in [-0.2, 0) is 4.79 Å². The van der Waals surface area contributed by atoms with E-state index in [0.29, 0.717) is 6.04 Å². The van der Waals surface area contributed by atoms with E-state index in [4.69, 9.17) is 5.73 Å². The minimum atomic E-state index is -0.295. The molecule has 0 spiro atoms.